The topological polar surface area (TPSA) is 78.5 Å². The molecular formula is C22H25N3O3. The van der Waals surface area contributed by atoms with Crippen LogP contribution in [0.25, 0.3) is 10.8 Å². The lowest BCUT2D eigenvalue weighted by Gasteiger charge is -2.16. The number of nitrogens with one attached hydrogen (secondary N) is 2. The van der Waals surface area contributed by atoms with E-state index in [1.54, 1.807) is 6.07 Å². The van der Waals surface area contributed by atoms with Gasteiger partial charge < -0.3 is 15.5 Å². The number of hydrogen-bond acceptors (Lipinski definition) is 3. The van der Waals surface area contributed by atoms with Crippen LogP contribution in [0.3, 0.4) is 0 Å². The predicted molar refractivity (Wildman–Crippen MR) is 108 cm³/mol. The van der Waals surface area contributed by atoms with Crippen molar-refractivity contribution in [3.8, 4) is 0 Å². The summed E-state index contributed by atoms with van der Waals surface area (Å²) in [6, 6.07) is 11.4. The van der Waals surface area contributed by atoms with Gasteiger partial charge in [-0.1, -0.05) is 24.3 Å². The lowest BCUT2D eigenvalue weighted by atomic mass is 10.0. The largest absolute Gasteiger partial charge is 0.351 e. The highest BCUT2D eigenvalue weighted by atomic mass is 16.2. The number of fused-ring (bicyclic) bond motifs is 1. The van der Waals surface area contributed by atoms with Crippen molar-refractivity contribution in [3.05, 3.63) is 42.0 Å². The SMILES string of the molecule is O=C(NCCC(=O)N1CCCC1)c1cc2ccccc2cc1NC(=O)C1CC1. The first kappa shape index (κ1) is 18.5. The fourth-order valence-electron chi connectivity index (χ4n) is 3.61. The zero-order valence-corrected chi connectivity index (χ0v) is 15.9. The van der Waals surface area contributed by atoms with Gasteiger partial charge in [0.05, 0.1) is 11.3 Å². The molecule has 0 bridgehead atoms. The lowest BCUT2D eigenvalue weighted by Crippen LogP contribution is -2.33. The van der Waals surface area contributed by atoms with Gasteiger partial charge in [0, 0.05) is 32.0 Å². The summed E-state index contributed by atoms with van der Waals surface area (Å²) in [6.07, 6.45) is 4.21. The van der Waals surface area contributed by atoms with E-state index in [9.17, 15) is 14.4 Å². The van der Waals surface area contributed by atoms with E-state index in [1.807, 2.05) is 35.2 Å². The van der Waals surface area contributed by atoms with Crippen LogP contribution in [-0.2, 0) is 9.59 Å². The van der Waals surface area contributed by atoms with Crippen molar-refractivity contribution in [2.45, 2.75) is 32.1 Å². The third-order valence-electron chi connectivity index (χ3n) is 5.42. The average Bonchev–Trinajstić information content (AvgIpc) is 3.41. The molecular weight excluding hydrogens is 354 g/mol. The Bertz CT molecular complexity index is 914. The molecule has 1 heterocycles. The van der Waals surface area contributed by atoms with Gasteiger partial charge in [0.25, 0.3) is 5.91 Å². The molecule has 0 unspecified atom stereocenters. The van der Waals surface area contributed by atoms with Gasteiger partial charge in [-0.05, 0) is 48.6 Å². The van der Waals surface area contributed by atoms with Crippen LogP contribution in [-0.4, -0.2) is 42.3 Å². The monoisotopic (exact) mass is 379 g/mol. The molecule has 4 rings (SSSR count). The van der Waals surface area contributed by atoms with E-state index in [1.165, 1.54) is 0 Å². The van der Waals surface area contributed by atoms with E-state index in [0.717, 1.165) is 49.5 Å². The summed E-state index contributed by atoms with van der Waals surface area (Å²) < 4.78 is 0. The molecule has 0 aromatic heterocycles. The standard InChI is InChI=1S/C22H25N3O3/c26-20(25-11-3-4-12-25)9-10-23-22(28)18-13-16-5-1-2-6-17(16)14-19(18)24-21(27)15-7-8-15/h1-2,5-6,13-15H,3-4,7-12H2,(H,23,28)(H,24,27). The number of amides is 3. The number of hydrogen-bond donors (Lipinski definition) is 2. The fourth-order valence-corrected chi connectivity index (χ4v) is 3.61. The molecule has 3 amide bonds. The Kier molecular flexibility index (Phi) is 5.28. The minimum Gasteiger partial charge on any atom is -0.351 e. The van der Waals surface area contributed by atoms with Crippen molar-refractivity contribution < 1.29 is 14.4 Å². The van der Waals surface area contributed by atoms with Crippen LogP contribution in [0.5, 0.6) is 0 Å². The summed E-state index contributed by atoms with van der Waals surface area (Å²) in [5.41, 5.74) is 0.959. The van der Waals surface area contributed by atoms with Crippen LogP contribution >= 0.6 is 0 Å². The van der Waals surface area contributed by atoms with E-state index in [-0.39, 0.29) is 30.2 Å². The minimum absolute atomic E-state index is 0.0338. The molecule has 0 atom stereocenters. The Morgan fingerprint density at radius 1 is 1.00 bits per heavy atom. The molecule has 2 N–H and O–H groups in total. The van der Waals surface area contributed by atoms with Crippen molar-refractivity contribution in [2.24, 2.45) is 5.92 Å². The smallest absolute Gasteiger partial charge is 0.253 e. The Morgan fingerprint density at radius 2 is 1.68 bits per heavy atom. The van der Waals surface area contributed by atoms with Crippen molar-refractivity contribution in [1.29, 1.82) is 0 Å². The Balaban J connectivity index is 1.47. The van der Waals surface area contributed by atoms with Gasteiger partial charge in [-0.2, -0.15) is 0 Å². The highest BCUT2D eigenvalue weighted by molar-refractivity contribution is 6.08. The Hall–Kier alpha value is -2.89. The number of benzene rings is 2. The molecule has 2 aromatic rings. The third kappa shape index (κ3) is 4.16. The van der Waals surface area contributed by atoms with Crippen molar-refractivity contribution in [3.63, 3.8) is 0 Å². The van der Waals surface area contributed by atoms with Crippen LogP contribution in [0.4, 0.5) is 5.69 Å². The molecule has 6 heteroatoms. The maximum atomic E-state index is 12.8. The summed E-state index contributed by atoms with van der Waals surface area (Å²) >= 11 is 0. The summed E-state index contributed by atoms with van der Waals surface area (Å²) in [5.74, 6) is -0.168. The molecule has 0 radical (unpaired) electrons. The third-order valence-corrected chi connectivity index (χ3v) is 5.42. The number of likely N-dealkylation sites (tertiary alicyclic amines) is 1. The van der Waals surface area contributed by atoms with Crippen LogP contribution in [0.1, 0.15) is 42.5 Å². The molecule has 2 fully saturated rings. The van der Waals surface area contributed by atoms with Gasteiger partial charge in [-0.3, -0.25) is 14.4 Å². The number of anilines is 1. The zero-order chi connectivity index (χ0) is 19.5. The molecule has 2 aromatic carbocycles. The molecule has 146 valence electrons. The average molecular weight is 379 g/mol. The van der Waals surface area contributed by atoms with E-state index < -0.39 is 0 Å². The minimum atomic E-state index is -0.272. The van der Waals surface area contributed by atoms with E-state index >= 15 is 0 Å². The quantitative estimate of drug-likeness (QED) is 0.810. The molecule has 6 nitrogen and oxygen atoms in total. The second kappa shape index (κ2) is 8.00. The number of carbonyl (C=O) groups excluding carboxylic acids is 3. The Labute approximate surface area is 164 Å². The maximum Gasteiger partial charge on any atom is 0.253 e. The van der Waals surface area contributed by atoms with Crippen LogP contribution in [0, 0.1) is 5.92 Å². The molecule has 1 saturated carbocycles. The normalized spacial score (nSPS) is 16.2. The highest BCUT2D eigenvalue weighted by Crippen LogP contribution is 2.32. The van der Waals surface area contributed by atoms with Gasteiger partial charge >= 0.3 is 0 Å². The van der Waals surface area contributed by atoms with Crippen LogP contribution < -0.4 is 10.6 Å². The first-order valence-corrected chi connectivity index (χ1v) is 10.0. The van der Waals surface area contributed by atoms with Crippen molar-refractivity contribution >= 4 is 34.2 Å². The van der Waals surface area contributed by atoms with Gasteiger partial charge in [0.2, 0.25) is 11.8 Å². The van der Waals surface area contributed by atoms with Crippen LogP contribution in [0.15, 0.2) is 36.4 Å². The molecule has 0 spiro atoms. The second-order valence-electron chi connectivity index (χ2n) is 7.60. The number of carbonyl (C=O) groups is 3. The molecule has 2 aliphatic rings. The highest BCUT2D eigenvalue weighted by Gasteiger charge is 2.30. The zero-order valence-electron chi connectivity index (χ0n) is 15.9. The summed E-state index contributed by atoms with van der Waals surface area (Å²) in [5, 5.41) is 7.66. The molecule has 1 aliphatic carbocycles. The summed E-state index contributed by atoms with van der Waals surface area (Å²) in [6.45, 7) is 1.92. The second-order valence-corrected chi connectivity index (χ2v) is 7.60. The molecule has 1 saturated heterocycles. The molecule has 28 heavy (non-hydrogen) atoms. The number of nitrogens with zero attached hydrogens (tertiary/aromatic N) is 1. The van der Waals surface area contributed by atoms with Gasteiger partial charge in [0.15, 0.2) is 0 Å². The van der Waals surface area contributed by atoms with E-state index in [4.69, 9.17) is 0 Å². The van der Waals surface area contributed by atoms with E-state index in [2.05, 4.69) is 10.6 Å². The van der Waals surface area contributed by atoms with E-state index in [0.29, 0.717) is 17.7 Å². The first-order chi connectivity index (χ1) is 13.6. The van der Waals surface area contributed by atoms with Gasteiger partial charge in [0.1, 0.15) is 0 Å². The first-order valence-electron chi connectivity index (χ1n) is 10.0. The summed E-state index contributed by atoms with van der Waals surface area (Å²) in [4.78, 5) is 39.0. The van der Waals surface area contributed by atoms with Crippen LogP contribution in [0.2, 0.25) is 0 Å². The van der Waals surface area contributed by atoms with Crippen molar-refractivity contribution in [2.75, 3.05) is 25.0 Å². The fraction of sp³-hybridized carbons (Fsp3) is 0.409. The van der Waals surface area contributed by atoms with Gasteiger partial charge in [-0.15, -0.1) is 0 Å². The lowest BCUT2D eigenvalue weighted by molar-refractivity contribution is -0.130. The number of rotatable bonds is 6. The maximum absolute atomic E-state index is 12.8. The predicted octanol–water partition coefficient (Wildman–Crippen LogP) is 2.93. The molecule has 1 aliphatic heterocycles. The van der Waals surface area contributed by atoms with Gasteiger partial charge in [-0.25, -0.2) is 0 Å². The van der Waals surface area contributed by atoms with Crippen molar-refractivity contribution in [1.82, 2.24) is 10.2 Å². The Morgan fingerprint density at radius 3 is 2.36 bits per heavy atom. The summed E-state index contributed by atoms with van der Waals surface area (Å²) in [7, 11) is 0.